The van der Waals surface area contributed by atoms with Crippen molar-refractivity contribution in [3.8, 4) is 11.3 Å². The molecule has 1 saturated heterocycles. The van der Waals surface area contributed by atoms with E-state index in [1.165, 1.54) is 32.1 Å². The van der Waals surface area contributed by atoms with Gasteiger partial charge in [-0.25, -0.2) is 4.98 Å². The van der Waals surface area contributed by atoms with Crippen LogP contribution >= 0.6 is 22.9 Å². The van der Waals surface area contributed by atoms with E-state index in [0.29, 0.717) is 30.1 Å². The molecule has 0 unspecified atom stereocenters. The molecule has 1 saturated carbocycles. The van der Waals surface area contributed by atoms with Crippen molar-refractivity contribution >= 4 is 45.7 Å². The van der Waals surface area contributed by atoms with E-state index in [1.807, 2.05) is 0 Å². The Labute approximate surface area is 249 Å². The van der Waals surface area contributed by atoms with Gasteiger partial charge in [0.2, 0.25) is 0 Å². The van der Waals surface area contributed by atoms with E-state index in [0.717, 1.165) is 45.7 Å². The Kier molecular flexibility index (Phi) is 8.46. The van der Waals surface area contributed by atoms with Gasteiger partial charge in [-0.1, -0.05) is 55.1 Å². The molecule has 3 aromatic rings. The lowest BCUT2D eigenvalue weighted by Crippen LogP contribution is -2.43. The number of hydrogen-bond acceptors (Lipinski definition) is 9. The number of ether oxygens (including phenoxy) is 2. The molecule has 0 amide bonds. The lowest BCUT2D eigenvalue weighted by molar-refractivity contribution is -0.225. The van der Waals surface area contributed by atoms with Gasteiger partial charge in [0.15, 0.2) is 5.13 Å². The monoisotopic (exact) mass is 594 g/mol. The van der Waals surface area contributed by atoms with E-state index in [-0.39, 0.29) is 19.4 Å². The van der Waals surface area contributed by atoms with Crippen LogP contribution in [-0.4, -0.2) is 36.6 Å². The van der Waals surface area contributed by atoms with Crippen LogP contribution < -0.4 is 16.0 Å². The van der Waals surface area contributed by atoms with Crippen molar-refractivity contribution in [2.24, 2.45) is 5.92 Å². The van der Waals surface area contributed by atoms with Crippen LogP contribution in [0.25, 0.3) is 11.3 Å². The molecular formula is C31H35ClN4O4S. The van der Waals surface area contributed by atoms with Crippen LogP contribution in [0.15, 0.2) is 41.8 Å². The van der Waals surface area contributed by atoms with E-state index >= 15 is 0 Å². The van der Waals surface area contributed by atoms with E-state index in [1.54, 1.807) is 23.5 Å². The molecule has 1 aliphatic carbocycles. The number of carbonyl (C=O) groups is 2. The minimum Gasteiger partial charge on any atom is -0.416 e. The fraction of sp³-hybridized carbons (Fsp3) is 0.452. The van der Waals surface area contributed by atoms with Crippen LogP contribution in [0.3, 0.4) is 0 Å². The first kappa shape index (κ1) is 28.0. The van der Waals surface area contributed by atoms with Gasteiger partial charge in [-0.15, -0.1) is 11.3 Å². The Hall–Kier alpha value is -3.14. The maximum atomic E-state index is 12.4. The Morgan fingerprint density at radius 2 is 1.73 bits per heavy atom. The summed E-state index contributed by atoms with van der Waals surface area (Å²) in [6.45, 7) is 2.36. The molecule has 10 heteroatoms. The Balaban J connectivity index is 1.15. The van der Waals surface area contributed by atoms with Crippen molar-refractivity contribution in [1.82, 2.24) is 10.3 Å². The van der Waals surface area contributed by atoms with Crippen LogP contribution in [0.5, 0.6) is 0 Å². The van der Waals surface area contributed by atoms with Crippen molar-refractivity contribution in [3.05, 3.63) is 63.5 Å². The topological polar surface area (TPSA) is 102 Å². The second-order valence-electron chi connectivity index (χ2n) is 11.0. The summed E-state index contributed by atoms with van der Waals surface area (Å²) in [6.07, 6.45) is 7.34. The zero-order valence-corrected chi connectivity index (χ0v) is 24.5. The minimum absolute atomic E-state index is 0.00377. The van der Waals surface area contributed by atoms with Crippen molar-refractivity contribution in [1.29, 1.82) is 0 Å². The third-order valence-electron chi connectivity index (χ3n) is 8.16. The number of benzene rings is 2. The first-order valence-electron chi connectivity index (χ1n) is 14.5. The van der Waals surface area contributed by atoms with Gasteiger partial charge < -0.3 is 25.4 Å². The highest BCUT2D eigenvalue weighted by Gasteiger charge is 2.46. The quantitative estimate of drug-likeness (QED) is 0.276. The molecule has 3 N–H and O–H groups in total. The normalized spacial score (nSPS) is 19.0. The minimum atomic E-state index is -1.50. The number of anilines is 2. The van der Waals surface area contributed by atoms with Gasteiger partial charge >= 0.3 is 11.9 Å². The number of halogens is 1. The number of nitrogens with zero attached hydrogens (tertiary/aromatic N) is 1. The van der Waals surface area contributed by atoms with Crippen LogP contribution in [0, 0.1) is 5.92 Å². The largest absolute Gasteiger partial charge is 0.416 e. The Bertz CT molecular complexity index is 1390. The van der Waals surface area contributed by atoms with Crippen LogP contribution in [0.4, 0.5) is 10.8 Å². The molecule has 6 rings (SSSR count). The second-order valence-corrected chi connectivity index (χ2v) is 12.3. The summed E-state index contributed by atoms with van der Waals surface area (Å²) < 4.78 is 11.5. The summed E-state index contributed by atoms with van der Waals surface area (Å²) in [5, 5.41) is 13.9. The maximum Gasteiger partial charge on any atom is 0.309 e. The number of rotatable bonds is 7. The lowest BCUT2D eigenvalue weighted by Gasteiger charge is -2.32. The number of esters is 2. The number of thiazole rings is 1. The highest BCUT2D eigenvalue weighted by molar-refractivity contribution is 7.14. The van der Waals surface area contributed by atoms with Crippen LogP contribution in [-0.2, 0) is 37.8 Å². The summed E-state index contributed by atoms with van der Waals surface area (Å²) in [5.41, 5.74) is 5.40. The highest BCUT2D eigenvalue weighted by Crippen LogP contribution is 2.40. The number of fused-ring (bicyclic) bond motifs is 2. The third kappa shape index (κ3) is 6.37. The van der Waals surface area contributed by atoms with E-state index in [2.05, 4.69) is 45.6 Å². The second kappa shape index (κ2) is 12.4. The summed E-state index contributed by atoms with van der Waals surface area (Å²) in [4.78, 5) is 29.6. The molecule has 1 spiro atoms. The smallest absolute Gasteiger partial charge is 0.309 e. The van der Waals surface area contributed by atoms with Gasteiger partial charge in [-0.05, 0) is 55.0 Å². The first-order chi connectivity index (χ1) is 20.0. The molecule has 3 heterocycles. The van der Waals surface area contributed by atoms with Gasteiger partial charge in [-0.3, -0.25) is 9.59 Å². The summed E-state index contributed by atoms with van der Waals surface area (Å²) in [6, 6.07) is 11.9. The number of nitrogens with one attached hydrogen (secondary N) is 3. The lowest BCUT2D eigenvalue weighted by atomic mass is 9.89. The van der Waals surface area contributed by atoms with Gasteiger partial charge in [0.1, 0.15) is 0 Å². The Morgan fingerprint density at radius 3 is 2.49 bits per heavy atom. The summed E-state index contributed by atoms with van der Waals surface area (Å²) in [5.74, 6) is -1.66. The standard InChI is InChI=1S/C31H35ClN4O4S/c32-25-11-10-24-23(14-15-33-19-31(24)39-27(37)12-13-28(38)40-31)29(25)34-16-21-6-8-22(9-7-21)26-18-41-30(36-26)35-17-20-4-2-1-3-5-20/h6-11,18,20,33-34H,1-5,12-17,19H2,(H,35,36). The van der Waals surface area contributed by atoms with Crippen LogP contribution in [0.1, 0.15) is 61.6 Å². The van der Waals surface area contributed by atoms with E-state index in [9.17, 15) is 9.59 Å². The molecule has 8 nitrogen and oxygen atoms in total. The molecule has 216 valence electrons. The third-order valence-corrected chi connectivity index (χ3v) is 9.28. The molecule has 0 atom stereocenters. The summed E-state index contributed by atoms with van der Waals surface area (Å²) in [7, 11) is 0. The van der Waals surface area contributed by atoms with Gasteiger partial charge in [0.05, 0.1) is 35.8 Å². The van der Waals surface area contributed by atoms with Crippen molar-refractivity contribution in [3.63, 3.8) is 0 Å². The zero-order chi connectivity index (χ0) is 28.2. The average Bonchev–Trinajstić information content (AvgIpc) is 3.32. The van der Waals surface area contributed by atoms with Gasteiger partial charge in [0, 0.05) is 29.6 Å². The van der Waals surface area contributed by atoms with E-state index < -0.39 is 17.7 Å². The predicted octanol–water partition coefficient (Wildman–Crippen LogP) is 6.25. The average molecular weight is 595 g/mol. The molecule has 2 aliphatic heterocycles. The molecule has 0 radical (unpaired) electrons. The van der Waals surface area contributed by atoms with Crippen molar-refractivity contribution in [2.45, 2.75) is 63.7 Å². The summed E-state index contributed by atoms with van der Waals surface area (Å²) >= 11 is 8.32. The molecular weight excluding hydrogens is 560 g/mol. The maximum absolute atomic E-state index is 12.4. The molecule has 2 aromatic carbocycles. The predicted molar refractivity (Wildman–Crippen MR) is 161 cm³/mol. The SMILES string of the molecule is O=C1CCC(=O)OC2(CNCCc3c2ccc(Cl)c3NCc2ccc(-c3csc(NCC4CCCCC4)n3)cc2)O1. The van der Waals surface area contributed by atoms with Gasteiger partial charge in [-0.2, -0.15) is 0 Å². The Morgan fingerprint density at radius 1 is 0.976 bits per heavy atom. The van der Waals surface area contributed by atoms with Gasteiger partial charge in [0.25, 0.3) is 5.79 Å². The van der Waals surface area contributed by atoms with Crippen LogP contribution in [0.2, 0.25) is 5.02 Å². The fourth-order valence-electron chi connectivity index (χ4n) is 5.96. The number of carbonyl (C=O) groups excluding carboxylic acids is 2. The molecule has 0 bridgehead atoms. The first-order valence-corrected chi connectivity index (χ1v) is 15.7. The number of aromatic nitrogens is 1. The fourth-order valence-corrected chi connectivity index (χ4v) is 6.93. The van der Waals surface area contributed by atoms with E-state index in [4.69, 9.17) is 26.1 Å². The molecule has 41 heavy (non-hydrogen) atoms. The molecule has 2 fully saturated rings. The molecule has 3 aliphatic rings. The van der Waals surface area contributed by atoms with Crippen molar-refractivity contribution in [2.75, 3.05) is 30.3 Å². The zero-order valence-electron chi connectivity index (χ0n) is 23.0. The van der Waals surface area contributed by atoms with Crippen molar-refractivity contribution < 1.29 is 19.1 Å². The number of hydrogen-bond donors (Lipinski definition) is 3. The molecule has 1 aromatic heterocycles. The highest BCUT2D eigenvalue weighted by atomic mass is 35.5.